The molecule has 1 aromatic carbocycles. The third-order valence-electron chi connectivity index (χ3n) is 3.97. The van der Waals surface area contributed by atoms with Crippen LogP contribution >= 0.6 is 12.6 Å². The topological polar surface area (TPSA) is 40.6 Å². The molecule has 20 heavy (non-hydrogen) atoms. The van der Waals surface area contributed by atoms with Gasteiger partial charge in [0.05, 0.1) is 0 Å². The number of piperazine rings is 1. The highest BCUT2D eigenvalue weighted by Gasteiger charge is 2.37. The number of fused-ring (bicyclic) bond motifs is 1. The van der Waals surface area contributed by atoms with Gasteiger partial charge in [-0.2, -0.15) is 0 Å². The minimum Gasteiger partial charge on any atom is -0.336 e. The molecule has 4 nitrogen and oxygen atoms in total. The molecule has 0 N–H and O–H groups in total. The van der Waals surface area contributed by atoms with Crippen LogP contribution in [-0.2, 0) is 4.79 Å². The van der Waals surface area contributed by atoms with Gasteiger partial charge in [-0.15, -0.1) is 12.6 Å². The molecule has 2 fully saturated rings. The first kappa shape index (κ1) is 13.4. The maximum Gasteiger partial charge on any atom is 0.254 e. The SMILES string of the molecule is O=C(c1ccc(F)c(S)c1)N1CCN2C(=O)CCC2C1. The van der Waals surface area contributed by atoms with Crippen LogP contribution < -0.4 is 0 Å². The molecule has 2 heterocycles. The third-order valence-corrected chi connectivity index (χ3v) is 4.32. The summed E-state index contributed by atoms with van der Waals surface area (Å²) in [5, 5.41) is 0. The number of hydrogen-bond acceptors (Lipinski definition) is 3. The Hall–Kier alpha value is -1.56. The van der Waals surface area contributed by atoms with Crippen molar-refractivity contribution in [2.45, 2.75) is 23.8 Å². The molecule has 2 aliphatic rings. The van der Waals surface area contributed by atoms with E-state index in [4.69, 9.17) is 0 Å². The summed E-state index contributed by atoms with van der Waals surface area (Å²) in [4.78, 5) is 27.8. The number of thiol groups is 1. The van der Waals surface area contributed by atoms with Crippen molar-refractivity contribution in [3.05, 3.63) is 29.6 Å². The molecule has 2 aliphatic heterocycles. The average Bonchev–Trinajstić information content (AvgIpc) is 2.82. The van der Waals surface area contributed by atoms with Crippen LogP contribution in [0.3, 0.4) is 0 Å². The van der Waals surface area contributed by atoms with Gasteiger partial charge < -0.3 is 9.80 Å². The van der Waals surface area contributed by atoms with Crippen LogP contribution in [0.25, 0.3) is 0 Å². The Balaban J connectivity index is 1.75. The summed E-state index contributed by atoms with van der Waals surface area (Å²) in [6.07, 6.45) is 1.38. The Morgan fingerprint density at radius 3 is 2.90 bits per heavy atom. The Kier molecular flexibility index (Phi) is 3.41. The van der Waals surface area contributed by atoms with Gasteiger partial charge in [0.2, 0.25) is 5.91 Å². The fraction of sp³-hybridized carbons (Fsp3) is 0.429. The van der Waals surface area contributed by atoms with Crippen molar-refractivity contribution in [1.29, 1.82) is 0 Å². The van der Waals surface area contributed by atoms with Crippen molar-refractivity contribution in [2.75, 3.05) is 19.6 Å². The van der Waals surface area contributed by atoms with Crippen molar-refractivity contribution in [3.8, 4) is 0 Å². The van der Waals surface area contributed by atoms with E-state index in [0.717, 1.165) is 6.42 Å². The van der Waals surface area contributed by atoms with Crippen LogP contribution in [0.5, 0.6) is 0 Å². The molecular weight excluding hydrogens is 279 g/mol. The van der Waals surface area contributed by atoms with Crippen molar-refractivity contribution < 1.29 is 14.0 Å². The molecule has 2 saturated heterocycles. The van der Waals surface area contributed by atoms with Gasteiger partial charge in [-0.3, -0.25) is 9.59 Å². The molecule has 0 spiro atoms. The molecule has 1 unspecified atom stereocenters. The van der Waals surface area contributed by atoms with Crippen molar-refractivity contribution >= 4 is 24.4 Å². The normalized spacial score (nSPS) is 22.1. The molecule has 0 aliphatic carbocycles. The maximum atomic E-state index is 13.2. The zero-order valence-electron chi connectivity index (χ0n) is 10.9. The summed E-state index contributed by atoms with van der Waals surface area (Å²) in [7, 11) is 0. The second-order valence-corrected chi connectivity index (χ2v) is 5.68. The predicted octanol–water partition coefficient (Wildman–Crippen LogP) is 1.56. The summed E-state index contributed by atoms with van der Waals surface area (Å²) in [5.41, 5.74) is 0.439. The van der Waals surface area contributed by atoms with Gasteiger partial charge in [0, 0.05) is 42.6 Å². The standard InChI is InChI=1S/C14H15FN2O2S/c15-11-3-1-9(7-12(11)20)14(19)16-5-6-17-10(8-16)2-4-13(17)18/h1,3,7,10,20H,2,4-6,8H2. The van der Waals surface area contributed by atoms with Crippen LogP contribution in [0.1, 0.15) is 23.2 Å². The number of rotatable bonds is 1. The summed E-state index contributed by atoms with van der Waals surface area (Å²) in [6, 6.07) is 4.32. The first-order valence-electron chi connectivity index (χ1n) is 6.63. The highest BCUT2D eigenvalue weighted by atomic mass is 32.1. The fourth-order valence-electron chi connectivity index (χ4n) is 2.88. The van der Waals surface area contributed by atoms with Gasteiger partial charge in [0.15, 0.2) is 0 Å². The molecule has 2 amide bonds. The van der Waals surface area contributed by atoms with Gasteiger partial charge in [-0.25, -0.2) is 4.39 Å². The number of nitrogens with zero attached hydrogens (tertiary/aromatic N) is 2. The number of carbonyl (C=O) groups excluding carboxylic acids is 2. The molecule has 0 radical (unpaired) electrons. The van der Waals surface area contributed by atoms with Crippen LogP contribution in [0.4, 0.5) is 4.39 Å². The van der Waals surface area contributed by atoms with E-state index in [-0.39, 0.29) is 22.8 Å². The molecule has 1 aromatic rings. The maximum absolute atomic E-state index is 13.2. The molecule has 106 valence electrons. The van der Waals surface area contributed by atoms with Crippen LogP contribution in [-0.4, -0.2) is 47.3 Å². The first-order valence-corrected chi connectivity index (χ1v) is 7.08. The number of benzene rings is 1. The van der Waals surface area contributed by atoms with Crippen LogP contribution in [0.15, 0.2) is 23.1 Å². The smallest absolute Gasteiger partial charge is 0.254 e. The van der Waals surface area contributed by atoms with E-state index in [1.807, 2.05) is 4.90 Å². The van der Waals surface area contributed by atoms with Gasteiger partial charge in [-0.1, -0.05) is 0 Å². The zero-order valence-corrected chi connectivity index (χ0v) is 11.8. The van der Waals surface area contributed by atoms with E-state index >= 15 is 0 Å². The Bertz CT molecular complexity index is 578. The second-order valence-electron chi connectivity index (χ2n) is 5.20. The highest BCUT2D eigenvalue weighted by molar-refractivity contribution is 7.80. The zero-order chi connectivity index (χ0) is 14.3. The Labute approximate surface area is 122 Å². The summed E-state index contributed by atoms with van der Waals surface area (Å²) < 4.78 is 13.2. The fourth-order valence-corrected chi connectivity index (χ4v) is 3.09. The quantitative estimate of drug-likeness (QED) is 0.799. The van der Waals surface area contributed by atoms with Crippen LogP contribution in [0, 0.1) is 5.82 Å². The molecule has 0 bridgehead atoms. The molecule has 0 aromatic heterocycles. The summed E-state index contributed by atoms with van der Waals surface area (Å²) >= 11 is 4.00. The molecule has 3 rings (SSSR count). The van der Waals surface area contributed by atoms with Crippen molar-refractivity contribution in [2.24, 2.45) is 0 Å². The second kappa shape index (κ2) is 5.09. The molecular formula is C14H15FN2O2S. The van der Waals surface area contributed by atoms with Gasteiger partial charge in [0.1, 0.15) is 5.82 Å². The lowest BCUT2D eigenvalue weighted by Gasteiger charge is -2.37. The molecule has 6 heteroatoms. The first-order chi connectivity index (χ1) is 9.56. The summed E-state index contributed by atoms with van der Waals surface area (Å²) in [5.74, 6) is -0.378. The van der Waals surface area contributed by atoms with E-state index in [1.165, 1.54) is 18.2 Å². The number of hydrogen-bond donors (Lipinski definition) is 1. The largest absolute Gasteiger partial charge is 0.336 e. The highest BCUT2D eigenvalue weighted by Crippen LogP contribution is 2.24. The minimum absolute atomic E-state index is 0.126. The number of amides is 2. The Morgan fingerprint density at radius 2 is 2.15 bits per heavy atom. The minimum atomic E-state index is -0.434. The van der Waals surface area contributed by atoms with Gasteiger partial charge in [0.25, 0.3) is 5.91 Å². The predicted molar refractivity (Wildman–Crippen MR) is 74.3 cm³/mol. The average molecular weight is 294 g/mol. The lowest BCUT2D eigenvalue weighted by molar-refractivity contribution is -0.130. The number of halogens is 1. The van der Waals surface area contributed by atoms with E-state index in [1.54, 1.807) is 4.90 Å². The van der Waals surface area contributed by atoms with E-state index in [2.05, 4.69) is 12.6 Å². The van der Waals surface area contributed by atoms with E-state index < -0.39 is 5.82 Å². The lowest BCUT2D eigenvalue weighted by atomic mass is 10.1. The van der Waals surface area contributed by atoms with Crippen LogP contribution in [0.2, 0.25) is 0 Å². The van der Waals surface area contributed by atoms with Gasteiger partial charge >= 0.3 is 0 Å². The van der Waals surface area contributed by atoms with E-state index in [0.29, 0.717) is 31.6 Å². The summed E-state index contributed by atoms with van der Waals surface area (Å²) in [6.45, 7) is 1.67. The molecule has 1 atom stereocenters. The Morgan fingerprint density at radius 1 is 1.35 bits per heavy atom. The van der Waals surface area contributed by atoms with Gasteiger partial charge in [-0.05, 0) is 24.6 Å². The number of carbonyl (C=O) groups is 2. The van der Waals surface area contributed by atoms with E-state index in [9.17, 15) is 14.0 Å². The van der Waals surface area contributed by atoms with Crippen molar-refractivity contribution in [3.63, 3.8) is 0 Å². The molecule has 0 saturated carbocycles. The third kappa shape index (κ3) is 2.28. The monoisotopic (exact) mass is 294 g/mol. The lowest BCUT2D eigenvalue weighted by Crippen LogP contribution is -2.53. The van der Waals surface area contributed by atoms with Crippen molar-refractivity contribution in [1.82, 2.24) is 9.80 Å².